The molecule has 0 bridgehead atoms. The van der Waals surface area contributed by atoms with Crippen molar-refractivity contribution < 1.29 is 4.74 Å². The van der Waals surface area contributed by atoms with Crippen LogP contribution in [0.4, 0.5) is 0 Å². The van der Waals surface area contributed by atoms with Crippen molar-refractivity contribution >= 4 is 23.3 Å². The number of fused-ring (bicyclic) bond motifs is 1. The number of hydrogen-bond acceptors (Lipinski definition) is 2. The third kappa shape index (κ3) is 2.47. The summed E-state index contributed by atoms with van der Waals surface area (Å²) in [7, 11) is 1.67. The summed E-state index contributed by atoms with van der Waals surface area (Å²) >= 11 is 5.48. The maximum atomic E-state index is 5.48. The number of imidazole rings is 1. The molecular weight excluding hydrogens is 280 g/mol. The molecule has 0 spiro atoms. The molecule has 0 unspecified atom stereocenters. The summed E-state index contributed by atoms with van der Waals surface area (Å²) in [5.74, 6) is 0.806. The van der Waals surface area contributed by atoms with Crippen LogP contribution in [0.25, 0.3) is 16.7 Å². The molecular formula is C17H18N2OS. The largest absolute Gasteiger partial charge is 0.494 e. The van der Waals surface area contributed by atoms with Crippen LogP contribution in [0.2, 0.25) is 0 Å². The Balaban J connectivity index is 2.16. The molecule has 0 aliphatic heterocycles. The van der Waals surface area contributed by atoms with E-state index in [0.29, 0.717) is 4.77 Å². The van der Waals surface area contributed by atoms with Crippen molar-refractivity contribution in [3.05, 3.63) is 52.8 Å². The fraction of sp³-hybridized carbons (Fsp3) is 0.235. The minimum atomic E-state index is 0.678. The minimum absolute atomic E-state index is 0.678. The first-order valence-corrected chi connectivity index (χ1v) is 7.52. The van der Waals surface area contributed by atoms with Crippen LogP contribution in [-0.4, -0.2) is 16.7 Å². The van der Waals surface area contributed by atoms with Crippen LogP contribution >= 0.6 is 12.2 Å². The molecule has 108 valence electrons. The monoisotopic (exact) mass is 298 g/mol. The molecule has 0 atom stereocenters. The number of aromatic amines is 1. The van der Waals surface area contributed by atoms with E-state index in [0.717, 1.165) is 35.3 Å². The summed E-state index contributed by atoms with van der Waals surface area (Å²) < 4.78 is 8.11. The summed E-state index contributed by atoms with van der Waals surface area (Å²) in [6.07, 6.45) is 2.26. The van der Waals surface area contributed by atoms with E-state index in [9.17, 15) is 0 Å². The Hall–Kier alpha value is -2.07. The lowest BCUT2D eigenvalue weighted by Gasteiger charge is -2.07. The van der Waals surface area contributed by atoms with Crippen LogP contribution in [-0.2, 0) is 6.42 Å². The standard InChI is InChI=1S/C17H18N2OS/c1-3-5-12-8-10-13(11-9-12)19-14-6-4-7-15(20-2)16(14)18-17(19)21/h4,6-11H,3,5H2,1-2H3,(H,18,21). The van der Waals surface area contributed by atoms with Crippen molar-refractivity contribution in [1.29, 1.82) is 0 Å². The Morgan fingerprint density at radius 2 is 1.90 bits per heavy atom. The Bertz CT molecular complexity index is 815. The second-order valence-electron chi connectivity index (χ2n) is 5.04. The quantitative estimate of drug-likeness (QED) is 0.711. The predicted octanol–water partition coefficient (Wildman–Crippen LogP) is 4.65. The average Bonchev–Trinajstić information content (AvgIpc) is 2.84. The number of methoxy groups -OCH3 is 1. The molecule has 3 nitrogen and oxygen atoms in total. The van der Waals surface area contributed by atoms with Gasteiger partial charge in [-0.2, -0.15) is 0 Å². The highest BCUT2D eigenvalue weighted by Gasteiger charge is 2.10. The van der Waals surface area contributed by atoms with Gasteiger partial charge in [-0.05, 0) is 48.5 Å². The molecule has 0 saturated carbocycles. The molecule has 0 amide bonds. The minimum Gasteiger partial charge on any atom is -0.494 e. The Kier molecular flexibility index (Phi) is 3.80. The maximum Gasteiger partial charge on any atom is 0.182 e. The number of rotatable bonds is 4. The summed E-state index contributed by atoms with van der Waals surface area (Å²) in [5.41, 5.74) is 4.38. The Morgan fingerprint density at radius 3 is 2.57 bits per heavy atom. The molecule has 0 fully saturated rings. The Morgan fingerprint density at radius 1 is 1.14 bits per heavy atom. The maximum absolute atomic E-state index is 5.48. The van der Waals surface area contributed by atoms with Gasteiger partial charge in [0.25, 0.3) is 0 Å². The number of para-hydroxylation sites is 1. The number of hydrogen-bond donors (Lipinski definition) is 1. The lowest BCUT2D eigenvalue weighted by molar-refractivity contribution is 0.419. The van der Waals surface area contributed by atoms with Gasteiger partial charge in [-0.25, -0.2) is 0 Å². The average molecular weight is 298 g/mol. The van der Waals surface area contributed by atoms with Gasteiger partial charge in [-0.1, -0.05) is 31.5 Å². The summed E-state index contributed by atoms with van der Waals surface area (Å²) in [4.78, 5) is 3.24. The third-order valence-corrected chi connectivity index (χ3v) is 3.92. The van der Waals surface area contributed by atoms with Crippen LogP contribution < -0.4 is 4.74 Å². The highest BCUT2D eigenvalue weighted by atomic mass is 32.1. The fourth-order valence-corrected chi connectivity index (χ4v) is 2.94. The zero-order chi connectivity index (χ0) is 14.8. The van der Waals surface area contributed by atoms with Crippen LogP contribution in [0.15, 0.2) is 42.5 Å². The summed E-state index contributed by atoms with van der Waals surface area (Å²) in [6.45, 7) is 2.19. The summed E-state index contributed by atoms with van der Waals surface area (Å²) in [6, 6.07) is 14.5. The topological polar surface area (TPSA) is 29.9 Å². The first-order chi connectivity index (χ1) is 10.2. The zero-order valence-corrected chi connectivity index (χ0v) is 13.0. The van der Waals surface area contributed by atoms with E-state index >= 15 is 0 Å². The summed E-state index contributed by atoms with van der Waals surface area (Å²) in [5, 5.41) is 0. The van der Waals surface area contributed by atoms with Crippen molar-refractivity contribution in [1.82, 2.24) is 9.55 Å². The van der Waals surface area contributed by atoms with E-state index in [4.69, 9.17) is 17.0 Å². The number of nitrogens with one attached hydrogen (secondary N) is 1. The van der Waals surface area contributed by atoms with Gasteiger partial charge in [0, 0.05) is 5.69 Å². The molecule has 2 aromatic carbocycles. The van der Waals surface area contributed by atoms with E-state index in [1.165, 1.54) is 5.56 Å². The van der Waals surface area contributed by atoms with E-state index in [1.54, 1.807) is 7.11 Å². The molecule has 0 saturated heterocycles. The lowest BCUT2D eigenvalue weighted by atomic mass is 10.1. The van der Waals surface area contributed by atoms with Gasteiger partial charge >= 0.3 is 0 Å². The van der Waals surface area contributed by atoms with Gasteiger partial charge in [0.1, 0.15) is 11.3 Å². The molecule has 3 aromatic rings. The molecule has 0 aliphatic rings. The van der Waals surface area contributed by atoms with Gasteiger partial charge in [-0.3, -0.25) is 4.57 Å². The number of nitrogens with zero attached hydrogens (tertiary/aromatic N) is 1. The normalized spacial score (nSPS) is 11.0. The van der Waals surface area contributed by atoms with Crippen molar-refractivity contribution in [3.63, 3.8) is 0 Å². The predicted molar refractivity (Wildman–Crippen MR) is 89.0 cm³/mol. The molecule has 4 heteroatoms. The van der Waals surface area contributed by atoms with E-state index in [-0.39, 0.29) is 0 Å². The van der Waals surface area contributed by atoms with Gasteiger partial charge < -0.3 is 9.72 Å². The molecule has 0 aliphatic carbocycles. The SMILES string of the molecule is CCCc1ccc(-n2c(=S)[nH]c3c(OC)cccc32)cc1. The van der Waals surface area contributed by atoms with E-state index in [1.807, 2.05) is 22.8 Å². The van der Waals surface area contributed by atoms with Gasteiger partial charge in [0.2, 0.25) is 0 Å². The number of ether oxygens (including phenoxy) is 1. The van der Waals surface area contributed by atoms with E-state index < -0.39 is 0 Å². The molecule has 0 radical (unpaired) electrons. The molecule has 21 heavy (non-hydrogen) atoms. The van der Waals surface area contributed by atoms with E-state index in [2.05, 4.69) is 36.2 Å². The van der Waals surface area contributed by atoms with Crippen LogP contribution in [0.5, 0.6) is 5.75 Å². The Labute approximate surface area is 129 Å². The van der Waals surface area contributed by atoms with Crippen LogP contribution in [0, 0.1) is 4.77 Å². The highest BCUT2D eigenvalue weighted by Crippen LogP contribution is 2.27. The second kappa shape index (κ2) is 5.74. The number of H-pyrrole nitrogens is 1. The van der Waals surface area contributed by atoms with Crippen LogP contribution in [0.1, 0.15) is 18.9 Å². The molecule has 1 aromatic heterocycles. The number of aryl methyl sites for hydroxylation is 1. The van der Waals surface area contributed by atoms with Gasteiger partial charge in [-0.15, -0.1) is 0 Å². The van der Waals surface area contributed by atoms with Gasteiger partial charge in [0.15, 0.2) is 4.77 Å². The third-order valence-electron chi connectivity index (χ3n) is 3.63. The highest BCUT2D eigenvalue weighted by molar-refractivity contribution is 7.71. The first-order valence-electron chi connectivity index (χ1n) is 7.11. The first kappa shape index (κ1) is 13.9. The smallest absolute Gasteiger partial charge is 0.182 e. The van der Waals surface area contributed by atoms with Crippen molar-refractivity contribution in [2.75, 3.05) is 7.11 Å². The zero-order valence-electron chi connectivity index (χ0n) is 12.2. The lowest BCUT2D eigenvalue weighted by Crippen LogP contribution is -1.94. The van der Waals surface area contributed by atoms with Gasteiger partial charge in [0.05, 0.1) is 12.6 Å². The fourth-order valence-electron chi connectivity index (χ4n) is 2.63. The van der Waals surface area contributed by atoms with Crippen molar-refractivity contribution in [2.45, 2.75) is 19.8 Å². The van der Waals surface area contributed by atoms with Crippen LogP contribution in [0.3, 0.4) is 0 Å². The van der Waals surface area contributed by atoms with Crippen molar-refractivity contribution in [3.8, 4) is 11.4 Å². The number of aromatic nitrogens is 2. The van der Waals surface area contributed by atoms with Crippen molar-refractivity contribution in [2.24, 2.45) is 0 Å². The molecule has 3 rings (SSSR count). The second-order valence-corrected chi connectivity index (χ2v) is 5.42. The molecule has 1 N–H and O–H groups in total. The number of benzene rings is 2. The molecule has 1 heterocycles.